The van der Waals surface area contributed by atoms with Crippen molar-refractivity contribution in [1.82, 2.24) is 0 Å². The molecule has 0 saturated heterocycles. The van der Waals surface area contributed by atoms with Gasteiger partial charge in [-0.1, -0.05) is 13.8 Å². The largest absolute Gasteiger partial charge is 0.399 e. The average Bonchev–Trinajstić information content (AvgIpc) is 2.19. The van der Waals surface area contributed by atoms with Crippen LogP contribution in [0.15, 0.2) is 18.2 Å². The van der Waals surface area contributed by atoms with Crippen LogP contribution in [0.3, 0.4) is 0 Å². The summed E-state index contributed by atoms with van der Waals surface area (Å²) in [4.78, 5) is 11.7. The van der Waals surface area contributed by atoms with Gasteiger partial charge in [0.15, 0.2) is 9.84 Å². The molecule has 0 radical (unpaired) electrons. The Morgan fingerprint density at radius 1 is 1.37 bits per heavy atom. The Morgan fingerprint density at radius 2 is 2.00 bits per heavy atom. The van der Waals surface area contributed by atoms with Crippen molar-refractivity contribution < 1.29 is 13.2 Å². The summed E-state index contributed by atoms with van der Waals surface area (Å²) >= 11 is 0. The number of nitrogens with two attached hydrogens (primary N) is 1. The maximum absolute atomic E-state index is 11.7. The first-order valence-corrected chi connectivity index (χ1v) is 7.88. The van der Waals surface area contributed by atoms with Crippen LogP contribution in [0.2, 0.25) is 0 Å². The fraction of sp³-hybridized carbons (Fsp3) is 0.462. The number of sulfone groups is 1. The molecular weight excluding hydrogens is 264 g/mol. The molecule has 5 nitrogen and oxygen atoms in total. The molecule has 1 aromatic carbocycles. The summed E-state index contributed by atoms with van der Waals surface area (Å²) in [5.74, 6) is -0.986. The van der Waals surface area contributed by atoms with Gasteiger partial charge in [-0.15, -0.1) is 0 Å². The number of hydrogen-bond donors (Lipinski definition) is 2. The van der Waals surface area contributed by atoms with Crippen molar-refractivity contribution in [3.05, 3.63) is 23.8 Å². The molecule has 0 atom stereocenters. The zero-order chi connectivity index (χ0) is 14.6. The third kappa shape index (κ3) is 5.30. The number of carbonyl (C=O) groups is 1. The number of amides is 1. The molecule has 106 valence electrons. The van der Waals surface area contributed by atoms with Crippen molar-refractivity contribution in [1.29, 1.82) is 0 Å². The highest BCUT2D eigenvalue weighted by atomic mass is 32.2. The lowest BCUT2D eigenvalue weighted by Gasteiger charge is -2.10. The molecule has 0 aromatic heterocycles. The molecule has 0 spiro atoms. The zero-order valence-corrected chi connectivity index (χ0v) is 12.3. The summed E-state index contributed by atoms with van der Waals surface area (Å²) in [5, 5.41) is 2.59. The quantitative estimate of drug-likeness (QED) is 0.803. The Bertz CT molecular complexity index is 565. The highest BCUT2D eigenvalue weighted by Gasteiger charge is 2.18. The molecule has 19 heavy (non-hydrogen) atoms. The Morgan fingerprint density at radius 3 is 2.53 bits per heavy atom. The van der Waals surface area contributed by atoms with E-state index < -0.39 is 21.5 Å². The summed E-state index contributed by atoms with van der Waals surface area (Å²) in [6.07, 6.45) is 0. The maximum Gasteiger partial charge on any atom is 0.239 e. The van der Waals surface area contributed by atoms with Crippen LogP contribution in [0.4, 0.5) is 11.4 Å². The molecule has 1 rings (SSSR count). The molecule has 0 aliphatic rings. The first kappa shape index (κ1) is 15.5. The molecule has 0 aliphatic carbocycles. The summed E-state index contributed by atoms with van der Waals surface area (Å²) in [5.41, 5.74) is 7.59. The Kier molecular flexibility index (Phi) is 4.94. The zero-order valence-electron chi connectivity index (χ0n) is 11.4. The Hall–Kier alpha value is -1.56. The summed E-state index contributed by atoms with van der Waals surface area (Å²) in [6.45, 7) is 5.41. The SMILES string of the molecule is Cc1cc(N)ccc1NC(=O)CS(=O)(=O)CC(C)C. The van der Waals surface area contributed by atoms with E-state index in [1.807, 2.05) is 0 Å². The summed E-state index contributed by atoms with van der Waals surface area (Å²) in [6, 6.07) is 5.04. The van der Waals surface area contributed by atoms with Crippen molar-refractivity contribution in [2.45, 2.75) is 20.8 Å². The first-order valence-electron chi connectivity index (χ1n) is 6.06. The van der Waals surface area contributed by atoms with Gasteiger partial charge in [0.1, 0.15) is 5.75 Å². The highest BCUT2D eigenvalue weighted by molar-refractivity contribution is 7.92. The van der Waals surface area contributed by atoms with Crippen LogP contribution in [0.25, 0.3) is 0 Å². The number of hydrogen-bond acceptors (Lipinski definition) is 4. The monoisotopic (exact) mass is 284 g/mol. The van der Waals surface area contributed by atoms with Gasteiger partial charge in [0, 0.05) is 11.4 Å². The minimum Gasteiger partial charge on any atom is -0.399 e. The van der Waals surface area contributed by atoms with Gasteiger partial charge in [-0.05, 0) is 36.6 Å². The van der Waals surface area contributed by atoms with Crippen LogP contribution in [-0.2, 0) is 14.6 Å². The van der Waals surface area contributed by atoms with Gasteiger partial charge < -0.3 is 11.1 Å². The van der Waals surface area contributed by atoms with Crippen LogP contribution in [0.5, 0.6) is 0 Å². The standard InChI is InChI=1S/C13H20N2O3S/c1-9(2)7-19(17,18)8-13(16)15-12-5-4-11(14)6-10(12)3/h4-6,9H,7-8,14H2,1-3H3,(H,15,16). The summed E-state index contributed by atoms with van der Waals surface area (Å²) in [7, 11) is -3.36. The van der Waals surface area contributed by atoms with E-state index >= 15 is 0 Å². The molecule has 0 saturated carbocycles. The molecular formula is C13H20N2O3S. The second-order valence-corrected chi connectivity index (χ2v) is 7.18. The molecule has 0 bridgehead atoms. The molecule has 3 N–H and O–H groups in total. The fourth-order valence-electron chi connectivity index (χ4n) is 1.78. The number of carbonyl (C=O) groups excluding carboxylic acids is 1. The lowest BCUT2D eigenvalue weighted by atomic mass is 10.2. The molecule has 0 unspecified atom stereocenters. The molecule has 6 heteroatoms. The second-order valence-electron chi connectivity index (χ2n) is 5.07. The van der Waals surface area contributed by atoms with Crippen molar-refractivity contribution in [3.63, 3.8) is 0 Å². The van der Waals surface area contributed by atoms with Gasteiger partial charge in [-0.2, -0.15) is 0 Å². The first-order chi connectivity index (χ1) is 8.69. The molecule has 0 aliphatic heterocycles. The van der Waals surface area contributed by atoms with Gasteiger partial charge in [0.05, 0.1) is 5.75 Å². The van der Waals surface area contributed by atoms with E-state index in [-0.39, 0.29) is 11.7 Å². The molecule has 0 fully saturated rings. The van der Waals surface area contributed by atoms with Gasteiger partial charge in [-0.25, -0.2) is 8.42 Å². The van der Waals surface area contributed by atoms with Gasteiger partial charge in [-0.3, -0.25) is 4.79 Å². The predicted molar refractivity (Wildman–Crippen MR) is 77.7 cm³/mol. The van der Waals surface area contributed by atoms with E-state index in [1.165, 1.54) is 0 Å². The van der Waals surface area contributed by atoms with Crippen LogP contribution in [0.1, 0.15) is 19.4 Å². The van der Waals surface area contributed by atoms with E-state index in [1.54, 1.807) is 39.0 Å². The van der Waals surface area contributed by atoms with Gasteiger partial charge in [0.2, 0.25) is 5.91 Å². The van der Waals surface area contributed by atoms with E-state index in [2.05, 4.69) is 5.32 Å². The van der Waals surface area contributed by atoms with Crippen molar-refractivity contribution in [2.24, 2.45) is 5.92 Å². The number of nitrogen functional groups attached to an aromatic ring is 1. The molecule has 1 aromatic rings. The number of anilines is 2. The Balaban J connectivity index is 2.70. The van der Waals surface area contributed by atoms with E-state index in [4.69, 9.17) is 5.73 Å². The Labute approximate surface area is 114 Å². The van der Waals surface area contributed by atoms with Gasteiger partial charge >= 0.3 is 0 Å². The van der Waals surface area contributed by atoms with Crippen molar-refractivity contribution >= 4 is 27.1 Å². The molecule has 1 amide bonds. The third-order valence-electron chi connectivity index (χ3n) is 2.46. The number of nitrogens with one attached hydrogen (secondary N) is 1. The normalized spacial score (nSPS) is 11.6. The van der Waals surface area contributed by atoms with E-state index in [0.29, 0.717) is 11.4 Å². The minimum atomic E-state index is -3.36. The lowest BCUT2D eigenvalue weighted by Crippen LogP contribution is -2.26. The highest BCUT2D eigenvalue weighted by Crippen LogP contribution is 2.17. The number of aryl methyl sites for hydroxylation is 1. The number of benzene rings is 1. The summed E-state index contributed by atoms with van der Waals surface area (Å²) < 4.78 is 23.4. The maximum atomic E-state index is 11.7. The topological polar surface area (TPSA) is 89.3 Å². The van der Waals surface area contributed by atoms with Crippen molar-refractivity contribution in [2.75, 3.05) is 22.6 Å². The average molecular weight is 284 g/mol. The lowest BCUT2D eigenvalue weighted by molar-refractivity contribution is -0.113. The number of rotatable bonds is 5. The minimum absolute atomic E-state index is 0.0102. The van der Waals surface area contributed by atoms with E-state index in [9.17, 15) is 13.2 Å². The van der Waals surface area contributed by atoms with Crippen LogP contribution < -0.4 is 11.1 Å². The smallest absolute Gasteiger partial charge is 0.239 e. The molecule has 0 heterocycles. The van der Waals surface area contributed by atoms with Gasteiger partial charge in [0.25, 0.3) is 0 Å². The van der Waals surface area contributed by atoms with Crippen LogP contribution in [-0.4, -0.2) is 25.8 Å². The predicted octanol–water partition coefficient (Wildman–Crippen LogP) is 1.59. The van der Waals surface area contributed by atoms with E-state index in [0.717, 1.165) is 5.56 Å². The van der Waals surface area contributed by atoms with Crippen LogP contribution >= 0.6 is 0 Å². The van der Waals surface area contributed by atoms with Crippen molar-refractivity contribution in [3.8, 4) is 0 Å². The fourth-order valence-corrected chi connectivity index (χ4v) is 3.39. The second kappa shape index (κ2) is 6.06. The third-order valence-corrected chi connectivity index (χ3v) is 4.34. The van der Waals surface area contributed by atoms with Crippen LogP contribution in [0, 0.1) is 12.8 Å².